The van der Waals surface area contributed by atoms with E-state index in [-0.39, 0.29) is 11.7 Å². The van der Waals surface area contributed by atoms with Crippen molar-refractivity contribution in [2.24, 2.45) is 0 Å². The Kier molecular flexibility index (Phi) is 7.46. The van der Waals surface area contributed by atoms with E-state index in [1.54, 1.807) is 11.0 Å². The molecule has 5 rings (SSSR count). The molecule has 0 bridgehead atoms. The fourth-order valence-corrected chi connectivity index (χ4v) is 3.85. The van der Waals surface area contributed by atoms with E-state index in [1.807, 2.05) is 31.2 Å². The van der Waals surface area contributed by atoms with Crippen LogP contribution in [-0.4, -0.2) is 70.2 Å². The molecule has 8 nitrogen and oxygen atoms in total. The van der Waals surface area contributed by atoms with Crippen molar-refractivity contribution >= 4 is 34.5 Å². The number of aryl methyl sites for hydroxylation is 1. The van der Waals surface area contributed by atoms with E-state index < -0.39 is 12.1 Å². The number of carbonyl (C=O) groups excluding carboxylic acids is 1. The number of hydrogen-bond acceptors (Lipinski definition) is 6. The number of nitrogens with one attached hydrogen (secondary N) is 1. The van der Waals surface area contributed by atoms with Gasteiger partial charge in [0.25, 0.3) is 5.91 Å². The summed E-state index contributed by atoms with van der Waals surface area (Å²) in [6, 6.07) is 12.7. The zero-order valence-electron chi connectivity index (χ0n) is 19.9. The SMILES string of the molecule is Cc1ccc(F)cc1C(=O)N1CCN(c2nc3ccccc3nc2NC2CC2)CC1.O=C(O)C(F)(F)F. The smallest absolute Gasteiger partial charge is 0.475 e. The van der Waals surface area contributed by atoms with Crippen LogP contribution in [0.1, 0.15) is 28.8 Å². The molecule has 3 aromatic rings. The number of halogens is 4. The lowest BCUT2D eigenvalue weighted by atomic mass is 10.1. The quantitative estimate of drug-likeness (QED) is 0.498. The molecule has 12 heteroatoms. The van der Waals surface area contributed by atoms with Gasteiger partial charge in [0.15, 0.2) is 11.6 Å². The van der Waals surface area contributed by atoms with Crippen LogP contribution in [0.5, 0.6) is 0 Å². The second-order valence-corrected chi connectivity index (χ2v) is 8.84. The van der Waals surface area contributed by atoms with Gasteiger partial charge in [0.05, 0.1) is 11.0 Å². The zero-order valence-corrected chi connectivity index (χ0v) is 19.9. The number of nitrogens with zero attached hydrogens (tertiary/aromatic N) is 4. The van der Waals surface area contributed by atoms with Crippen LogP contribution >= 0.6 is 0 Å². The number of carboxylic acids is 1. The van der Waals surface area contributed by atoms with E-state index in [2.05, 4.69) is 10.2 Å². The third-order valence-electron chi connectivity index (χ3n) is 6.01. The summed E-state index contributed by atoms with van der Waals surface area (Å²) in [6.07, 6.45) is -2.77. The molecule has 2 heterocycles. The lowest BCUT2D eigenvalue weighted by molar-refractivity contribution is -0.192. The van der Waals surface area contributed by atoms with E-state index in [9.17, 15) is 22.4 Å². The molecule has 0 radical (unpaired) electrons. The second kappa shape index (κ2) is 10.6. The van der Waals surface area contributed by atoms with Crippen molar-refractivity contribution in [2.75, 3.05) is 36.4 Å². The van der Waals surface area contributed by atoms with Crippen LogP contribution < -0.4 is 10.2 Å². The Labute approximate surface area is 209 Å². The summed E-state index contributed by atoms with van der Waals surface area (Å²) >= 11 is 0. The Balaban J connectivity index is 0.000000405. The number of rotatable bonds is 4. The molecule has 0 spiro atoms. The highest BCUT2D eigenvalue weighted by molar-refractivity contribution is 5.95. The highest BCUT2D eigenvalue weighted by Gasteiger charge is 2.38. The first-order valence-corrected chi connectivity index (χ1v) is 11.7. The van der Waals surface area contributed by atoms with Gasteiger partial charge in [-0.25, -0.2) is 19.2 Å². The summed E-state index contributed by atoms with van der Waals surface area (Å²) in [4.78, 5) is 35.5. The van der Waals surface area contributed by atoms with E-state index in [0.29, 0.717) is 37.8 Å². The molecule has 2 fully saturated rings. The lowest BCUT2D eigenvalue weighted by Crippen LogP contribution is -2.49. The molecule has 37 heavy (non-hydrogen) atoms. The summed E-state index contributed by atoms with van der Waals surface area (Å²) in [6.45, 7) is 4.28. The van der Waals surface area contributed by atoms with Crippen LogP contribution in [0.25, 0.3) is 11.0 Å². The molecule has 2 aromatic carbocycles. The first-order valence-electron chi connectivity index (χ1n) is 11.7. The summed E-state index contributed by atoms with van der Waals surface area (Å²) < 4.78 is 45.4. The van der Waals surface area contributed by atoms with Gasteiger partial charge in [-0.3, -0.25) is 4.79 Å². The molecule has 0 unspecified atom stereocenters. The van der Waals surface area contributed by atoms with Gasteiger partial charge in [0.1, 0.15) is 5.82 Å². The highest BCUT2D eigenvalue weighted by atomic mass is 19.4. The van der Waals surface area contributed by atoms with Gasteiger partial charge in [-0.05, 0) is 49.6 Å². The number of carbonyl (C=O) groups is 2. The molecule has 1 aliphatic heterocycles. The molecule has 1 aliphatic carbocycles. The van der Waals surface area contributed by atoms with Gasteiger partial charge >= 0.3 is 12.1 Å². The molecule has 196 valence electrons. The summed E-state index contributed by atoms with van der Waals surface area (Å²) in [5.41, 5.74) is 2.97. The third kappa shape index (κ3) is 6.43. The predicted octanol–water partition coefficient (Wildman–Crippen LogP) is 4.25. The van der Waals surface area contributed by atoms with Crippen LogP contribution in [0, 0.1) is 12.7 Å². The number of benzene rings is 2. The average molecular weight is 519 g/mol. The largest absolute Gasteiger partial charge is 0.490 e. The van der Waals surface area contributed by atoms with Gasteiger partial charge in [0, 0.05) is 37.8 Å². The van der Waals surface area contributed by atoms with Crippen LogP contribution in [0.4, 0.5) is 29.2 Å². The normalized spacial score (nSPS) is 15.7. The molecule has 1 saturated heterocycles. The Hall–Kier alpha value is -3.96. The van der Waals surface area contributed by atoms with Crippen molar-refractivity contribution in [2.45, 2.75) is 32.0 Å². The number of aliphatic carboxylic acids is 1. The lowest BCUT2D eigenvalue weighted by Gasteiger charge is -2.36. The standard InChI is InChI=1S/C23H24FN5O.C2HF3O2/c1-15-6-7-16(24)14-18(15)23(30)29-12-10-28(11-13-29)22-21(25-17-8-9-17)26-19-4-2-3-5-20(19)27-22;3-2(4,5)1(6)7/h2-7,14,17H,8-13H2,1H3,(H,25,26);(H,6,7). The zero-order chi connectivity index (χ0) is 26.7. The Morgan fingerprint density at radius 1 is 1.00 bits per heavy atom. The summed E-state index contributed by atoms with van der Waals surface area (Å²) in [7, 11) is 0. The topological polar surface area (TPSA) is 98.7 Å². The molecule has 1 saturated carbocycles. The van der Waals surface area contributed by atoms with Gasteiger partial charge in [-0.2, -0.15) is 13.2 Å². The minimum Gasteiger partial charge on any atom is -0.475 e. The van der Waals surface area contributed by atoms with Crippen molar-refractivity contribution in [3.05, 3.63) is 59.4 Å². The monoisotopic (exact) mass is 519 g/mol. The van der Waals surface area contributed by atoms with Crippen molar-refractivity contribution in [1.82, 2.24) is 14.9 Å². The van der Waals surface area contributed by atoms with Gasteiger partial charge in [-0.1, -0.05) is 18.2 Å². The summed E-state index contributed by atoms with van der Waals surface area (Å²) in [5, 5.41) is 10.6. The first-order chi connectivity index (χ1) is 17.5. The average Bonchev–Trinajstić information content (AvgIpc) is 3.69. The maximum absolute atomic E-state index is 13.6. The molecular formula is C25H25F4N5O3. The number of aromatic nitrogens is 2. The van der Waals surface area contributed by atoms with E-state index >= 15 is 0 Å². The maximum Gasteiger partial charge on any atom is 0.490 e. The number of anilines is 2. The van der Waals surface area contributed by atoms with E-state index in [1.165, 1.54) is 12.1 Å². The second-order valence-electron chi connectivity index (χ2n) is 8.84. The van der Waals surface area contributed by atoms with Crippen molar-refractivity contribution in [3.63, 3.8) is 0 Å². The number of alkyl halides is 3. The number of amides is 1. The third-order valence-corrected chi connectivity index (χ3v) is 6.01. The minimum absolute atomic E-state index is 0.118. The fourth-order valence-electron chi connectivity index (χ4n) is 3.85. The van der Waals surface area contributed by atoms with Crippen molar-refractivity contribution in [1.29, 1.82) is 0 Å². The van der Waals surface area contributed by atoms with Crippen molar-refractivity contribution in [3.8, 4) is 0 Å². The van der Waals surface area contributed by atoms with Gasteiger partial charge < -0.3 is 20.2 Å². The first kappa shape index (κ1) is 26.1. The fraction of sp³-hybridized carbons (Fsp3) is 0.360. The number of fused-ring (bicyclic) bond motifs is 1. The Morgan fingerprint density at radius 3 is 2.16 bits per heavy atom. The van der Waals surface area contributed by atoms with E-state index in [4.69, 9.17) is 19.9 Å². The van der Waals surface area contributed by atoms with Crippen LogP contribution in [-0.2, 0) is 4.79 Å². The van der Waals surface area contributed by atoms with Crippen molar-refractivity contribution < 1.29 is 32.3 Å². The molecule has 0 atom stereocenters. The number of para-hydroxylation sites is 2. The summed E-state index contributed by atoms with van der Waals surface area (Å²) in [5.74, 6) is -1.60. The minimum atomic E-state index is -5.08. The van der Waals surface area contributed by atoms with E-state index in [0.717, 1.165) is 41.1 Å². The van der Waals surface area contributed by atoms with Crippen LogP contribution in [0.3, 0.4) is 0 Å². The number of piperazine rings is 1. The Morgan fingerprint density at radius 2 is 1.59 bits per heavy atom. The van der Waals surface area contributed by atoms with Crippen LogP contribution in [0.15, 0.2) is 42.5 Å². The molecule has 2 aliphatic rings. The van der Waals surface area contributed by atoms with Gasteiger partial charge in [-0.15, -0.1) is 0 Å². The molecule has 1 aromatic heterocycles. The number of carboxylic acid groups (broad SMARTS) is 1. The highest BCUT2D eigenvalue weighted by Crippen LogP contribution is 2.31. The number of hydrogen-bond donors (Lipinski definition) is 2. The molecule has 2 N–H and O–H groups in total. The predicted molar refractivity (Wildman–Crippen MR) is 129 cm³/mol. The molecule has 1 amide bonds. The van der Waals surface area contributed by atoms with Crippen LogP contribution in [0.2, 0.25) is 0 Å². The maximum atomic E-state index is 13.6. The Bertz CT molecular complexity index is 1310. The van der Waals surface area contributed by atoms with Gasteiger partial charge in [0.2, 0.25) is 0 Å². The molecular weight excluding hydrogens is 494 g/mol.